The van der Waals surface area contributed by atoms with E-state index in [9.17, 15) is 14.7 Å². The zero-order chi connectivity index (χ0) is 23.5. The highest BCUT2D eigenvalue weighted by Crippen LogP contribution is 2.44. The third-order valence-electron chi connectivity index (χ3n) is 6.06. The van der Waals surface area contributed by atoms with Crippen LogP contribution >= 0.6 is 0 Å². The second-order valence-electron chi connectivity index (χ2n) is 7.92. The molecule has 0 aromatic heterocycles. The predicted molar refractivity (Wildman–Crippen MR) is 121 cm³/mol. The lowest BCUT2D eigenvalue weighted by Crippen LogP contribution is -2.36. The third-order valence-corrected chi connectivity index (χ3v) is 6.06. The first-order valence-electron chi connectivity index (χ1n) is 10.7. The highest BCUT2D eigenvalue weighted by atomic mass is 16.5. The number of amides is 1. The number of hydrogen-bond acceptors (Lipinski definition) is 7. The molecule has 2 aromatic carbocycles. The number of aliphatic hydroxyl groups excluding tert-OH is 1. The minimum absolute atomic E-state index is 0.00489. The predicted octanol–water partition coefficient (Wildman–Crippen LogP) is 3.31. The van der Waals surface area contributed by atoms with Gasteiger partial charge in [0.15, 0.2) is 0 Å². The standard InChI is InChI=1S/C25H27NO7/c1-30-16-8-6-15(7-9-16)23(27)21-22(19-13-17(31-2)10-11-20(19)32-3)26(25(29)24(21)28)14-18-5-4-12-33-18/h6-11,13,18,22,27H,4-5,12,14H2,1-3H3/b23-21+/t18-,22+/m0/s1. The van der Waals surface area contributed by atoms with Crippen LogP contribution in [0.15, 0.2) is 48.0 Å². The molecule has 2 saturated heterocycles. The molecule has 2 aromatic rings. The third kappa shape index (κ3) is 4.26. The van der Waals surface area contributed by atoms with Crippen molar-refractivity contribution >= 4 is 17.4 Å². The molecule has 8 nitrogen and oxygen atoms in total. The average molecular weight is 453 g/mol. The van der Waals surface area contributed by atoms with Gasteiger partial charge in [-0.3, -0.25) is 9.59 Å². The van der Waals surface area contributed by atoms with E-state index in [1.807, 2.05) is 0 Å². The van der Waals surface area contributed by atoms with E-state index in [2.05, 4.69) is 0 Å². The molecule has 0 aliphatic carbocycles. The topological polar surface area (TPSA) is 94.5 Å². The van der Waals surface area contributed by atoms with Gasteiger partial charge in [-0.1, -0.05) is 0 Å². The van der Waals surface area contributed by atoms with E-state index in [1.165, 1.54) is 19.1 Å². The van der Waals surface area contributed by atoms with Crippen LogP contribution in [-0.2, 0) is 14.3 Å². The molecule has 0 saturated carbocycles. The molecule has 0 unspecified atom stereocenters. The van der Waals surface area contributed by atoms with Gasteiger partial charge in [0.25, 0.3) is 11.7 Å². The van der Waals surface area contributed by atoms with E-state index in [-0.39, 0.29) is 24.0 Å². The van der Waals surface area contributed by atoms with Crippen molar-refractivity contribution in [3.05, 3.63) is 59.2 Å². The molecule has 2 atom stereocenters. The Morgan fingerprint density at radius 2 is 1.73 bits per heavy atom. The van der Waals surface area contributed by atoms with E-state index in [0.29, 0.717) is 35.0 Å². The molecule has 1 amide bonds. The number of aliphatic hydroxyl groups is 1. The molecule has 2 fully saturated rings. The molecule has 33 heavy (non-hydrogen) atoms. The van der Waals surface area contributed by atoms with Gasteiger partial charge < -0.3 is 29.0 Å². The number of methoxy groups -OCH3 is 3. The van der Waals surface area contributed by atoms with E-state index in [4.69, 9.17) is 18.9 Å². The summed E-state index contributed by atoms with van der Waals surface area (Å²) in [7, 11) is 4.59. The van der Waals surface area contributed by atoms with E-state index < -0.39 is 17.7 Å². The number of ether oxygens (including phenoxy) is 4. The van der Waals surface area contributed by atoms with Gasteiger partial charge in [-0.05, 0) is 55.3 Å². The molecule has 8 heteroatoms. The maximum Gasteiger partial charge on any atom is 0.295 e. The molecule has 2 heterocycles. The molecule has 4 rings (SSSR count). The number of rotatable bonds is 7. The Bertz CT molecular complexity index is 1070. The fourth-order valence-corrected chi connectivity index (χ4v) is 4.36. The Morgan fingerprint density at radius 1 is 1.03 bits per heavy atom. The molecule has 0 spiro atoms. The molecule has 2 aliphatic rings. The lowest BCUT2D eigenvalue weighted by molar-refractivity contribution is -0.140. The number of hydrogen-bond donors (Lipinski definition) is 1. The summed E-state index contributed by atoms with van der Waals surface area (Å²) in [6.45, 7) is 0.850. The number of nitrogens with zero attached hydrogens (tertiary/aromatic N) is 1. The van der Waals surface area contributed by atoms with Crippen LogP contribution in [0.5, 0.6) is 17.2 Å². The van der Waals surface area contributed by atoms with Gasteiger partial charge in [0, 0.05) is 24.3 Å². The minimum atomic E-state index is -0.860. The number of carbonyl (C=O) groups is 2. The smallest absolute Gasteiger partial charge is 0.295 e. The summed E-state index contributed by atoms with van der Waals surface area (Å²) in [5.74, 6) is -0.0811. The lowest BCUT2D eigenvalue weighted by Gasteiger charge is -2.28. The number of likely N-dealkylation sites (tertiary alicyclic amines) is 1. The first kappa shape index (κ1) is 22.7. The Hall–Kier alpha value is -3.52. The quantitative estimate of drug-likeness (QED) is 0.390. The Morgan fingerprint density at radius 3 is 2.33 bits per heavy atom. The Labute approximate surface area is 192 Å². The van der Waals surface area contributed by atoms with Crippen molar-refractivity contribution in [1.82, 2.24) is 4.90 Å². The molecule has 0 radical (unpaired) electrons. The summed E-state index contributed by atoms with van der Waals surface area (Å²) >= 11 is 0. The lowest BCUT2D eigenvalue weighted by atomic mass is 9.94. The SMILES string of the molecule is COc1ccc(/C(O)=C2\C(=O)C(=O)N(C[C@@H]3CCCO3)[C@@H]2c2cc(OC)ccc2OC)cc1. The van der Waals surface area contributed by atoms with Crippen molar-refractivity contribution < 1.29 is 33.6 Å². The highest BCUT2D eigenvalue weighted by Gasteiger charge is 2.48. The zero-order valence-electron chi connectivity index (χ0n) is 18.9. The summed E-state index contributed by atoms with van der Waals surface area (Å²) in [6.07, 6.45) is 1.51. The van der Waals surface area contributed by atoms with Gasteiger partial charge in [-0.2, -0.15) is 0 Å². The monoisotopic (exact) mass is 453 g/mol. The fraction of sp³-hybridized carbons (Fsp3) is 0.360. The van der Waals surface area contributed by atoms with Gasteiger partial charge in [0.1, 0.15) is 23.0 Å². The fourth-order valence-electron chi connectivity index (χ4n) is 4.36. The summed E-state index contributed by atoms with van der Waals surface area (Å²) in [5, 5.41) is 11.2. The highest BCUT2D eigenvalue weighted by molar-refractivity contribution is 6.46. The molecule has 174 valence electrons. The second kappa shape index (κ2) is 9.54. The Balaban J connectivity index is 1.88. The first-order valence-corrected chi connectivity index (χ1v) is 10.7. The molecular formula is C25H27NO7. The van der Waals surface area contributed by atoms with Crippen molar-refractivity contribution in [3.63, 3.8) is 0 Å². The maximum absolute atomic E-state index is 13.2. The van der Waals surface area contributed by atoms with Crippen molar-refractivity contribution in [2.45, 2.75) is 25.0 Å². The number of carbonyl (C=O) groups excluding carboxylic acids is 2. The number of benzene rings is 2. The second-order valence-corrected chi connectivity index (χ2v) is 7.92. The Kier molecular flexibility index (Phi) is 6.55. The average Bonchev–Trinajstić information content (AvgIpc) is 3.45. The zero-order valence-corrected chi connectivity index (χ0v) is 18.9. The van der Waals surface area contributed by atoms with Crippen molar-refractivity contribution in [3.8, 4) is 17.2 Å². The molecule has 2 aliphatic heterocycles. The number of ketones is 1. The first-order chi connectivity index (χ1) is 16.0. The van der Waals surface area contributed by atoms with E-state index in [1.54, 1.807) is 49.6 Å². The van der Waals surface area contributed by atoms with Crippen LogP contribution < -0.4 is 14.2 Å². The van der Waals surface area contributed by atoms with Crippen LogP contribution in [0.25, 0.3) is 5.76 Å². The minimum Gasteiger partial charge on any atom is -0.507 e. The van der Waals surface area contributed by atoms with Gasteiger partial charge in [0.05, 0.1) is 39.0 Å². The molecular weight excluding hydrogens is 426 g/mol. The summed E-state index contributed by atoms with van der Waals surface area (Å²) in [4.78, 5) is 27.8. The van der Waals surface area contributed by atoms with Gasteiger partial charge in [-0.25, -0.2) is 0 Å². The molecule has 1 N–H and O–H groups in total. The summed E-state index contributed by atoms with van der Waals surface area (Å²) < 4.78 is 21.8. The van der Waals surface area contributed by atoms with Crippen molar-refractivity contribution in [2.75, 3.05) is 34.5 Å². The van der Waals surface area contributed by atoms with E-state index in [0.717, 1.165) is 12.8 Å². The maximum atomic E-state index is 13.2. The molecule has 0 bridgehead atoms. The van der Waals surface area contributed by atoms with Crippen molar-refractivity contribution in [1.29, 1.82) is 0 Å². The van der Waals surface area contributed by atoms with Crippen LogP contribution in [-0.4, -0.2) is 62.3 Å². The van der Waals surface area contributed by atoms with Gasteiger partial charge >= 0.3 is 0 Å². The van der Waals surface area contributed by atoms with E-state index >= 15 is 0 Å². The van der Waals surface area contributed by atoms with Gasteiger partial charge in [0.2, 0.25) is 0 Å². The van der Waals surface area contributed by atoms with Crippen LogP contribution in [0.4, 0.5) is 0 Å². The van der Waals surface area contributed by atoms with Gasteiger partial charge in [-0.15, -0.1) is 0 Å². The number of Topliss-reactive ketones (excluding diaryl/α,β-unsaturated/α-hetero) is 1. The van der Waals surface area contributed by atoms with Crippen LogP contribution in [0.2, 0.25) is 0 Å². The summed E-state index contributed by atoms with van der Waals surface area (Å²) in [5.41, 5.74) is 0.941. The van der Waals surface area contributed by atoms with Crippen LogP contribution in [0.1, 0.15) is 30.0 Å². The largest absolute Gasteiger partial charge is 0.507 e. The van der Waals surface area contributed by atoms with Crippen molar-refractivity contribution in [2.24, 2.45) is 0 Å². The summed E-state index contributed by atoms with van der Waals surface area (Å²) in [6, 6.07) is 11.0. The van der Waals surface area contributed by atoms with Crippen LogP contribution in [0.3, 0.4) is 0 Å². The van der Waals surface area contributed by atoms with Crippen LogP contribution in [0, 0.1) is 0 Å². The normalized spacial score (nSPS) is 22.0.